The van der Waals surface area contributed by atoms with Gasteiger partial charge in [0.2, 0.25) is 5.91 Å². The summed E-state index contributed by atoms with van der Waals surface area (Å²) in [6.07, 6.45) is 0.853. The zero-order valence-electron chi connectivity index (χ0n) is 8.14. The van der Waals surface area contributed by atoms with Gasteiger partial charge in [-0.05, 0) is 36.7 Å². The summed E-state index contributed by atoms with van der Waals surface area (Å²) >= 11 is 5.97. The molecule has 3 rings (SSSR count). The van der Waals surface area contributed by atoms with Crippen molar-refractivity contribution < 1.29 is 4.79 Å². The van der Waals surface area contributed by atoms with E-state index in [2.05, 4.69) is 10.6 Å². The van der Waals surface area contributed by atoms with E-state index in [1.165, 1.54) is 0 Å². The minimum atomic E-state index is -0.375. The van der Waals surface area contributed by atoms with Gasteiger partial charge in [-0.1, -0.05) is 11.6 Å². The summed E-state index contributed by atoms with van der Waals surface area (Å²) in [6, 6.07) is 5.59. The molecule has 0 bridgehead atoms. The van der Waals surface area contributed by atoms with E-state index in [1.807, 2.05) is 18.2 Å². The van der Waals surface area contributed by atoms with Gasteiger partial charge < -0.3 is 10.6 Å². The Morgan fingerprint density at radius 1 is 1.40 bits per heavy atom. The highest BCUT2D eigenvalue weighted by Crippen LogP contribution is 2.42. The van der Waals surface area contributed by atoms with Gasteiger partial charge in [0, 0.05) is 17.3 Å². The quantitative estimate of drug-likeness (QED) is 0.699. The third-order valence-corrected chi connectivity index (χ3v) is 3.57. The van der Waals surface area contributed by atoms with Crippen LogP contribution in [-0.4, -0.2) is 19.0 Å². The molecule has 0 saturated carbocycles. The average molecular weight is 223 g/mol. The van der Waals surface area contributed by atoms with Crippen molar-refractivity contribution in [1.82, 2.24) is 5.32 Å². The highest BCUT2D eigenvalue weighted by molar-refractivity contribution is 6.31. The molecule has 1 amide bonds. The Morgan fingerprint density at radius 3 is 3.00 bits per heavy atom. The third kappa shape index (κ3) is 1.13. The fourth-order valence-electron chi connectivity index (χ4n) is 2.50. The van der Waals surface area contributed by atoms with E-state index < -0.39 is 0 Å². The van der Waals surface area contributed by atoms with Crippen LogP contribution in [0.2, 0.25) is 5.02 Å². The predicted molar refractivity (Wildman–Crippen MR) is 59.2 cm³/mol. The average Bonchev–Trinajstić information content (AvgIpc) is 2.78. The number of hydrogen-bond acceptors (Lipinski definition) is 2. The molecule has 2 N–H and O–H groups in total. The molecule has 2 heterocycles. The van der Waals surface area contributed by atoms with Gasteiger partial charge in [0.1, 0.15) is 0 Å². The maximum atomic E-state index is 12.0. The van der Waals surface area contributed by atoms with Crippen molar-refractivity contribution >= 4 is 23.2 Å². The van der Waals surface area contributed by atoms with Gasteiger partial charge in [0.05, 0.1) is 5.41 Å². The Kier molecular flexibility index (Phi) is 1.82. The molecule has 1 fully saturated rings. The second kappa shape index (κ2) is 2.97. The van der Waals surface area contributed by atoms with E-state index >= 15 is 0 Å². The van der Waals surface area contributed by atoms with Gasteiger partial charge in [-0.15, -0.1) is 0 Å². The summed E-state index contributed by atoms with van der Waals surface area (Å²) in [5, 5.41) is 6.85. The second-order valence-electron chi connectivity index (χ2n) is 4.15. The zero-order chi connectivity index (χ0) is 10.5. The smallest absolute Gasteiger partial charge is 0.236 e. The van der Waals surface area contributed by atoms with Crippen molar-refractivity contribution in [2.45, 2.75) is 11.8 Å². The normalized spacial score (nSPS) is 28.2. The van der Waals surface area contributed by atoms with E-state index in [9.17, 15) is 4.79 Å². The minimum Gasteiger partial charge on any atom is -0.325 e. The maximum absolute atomic E-state index is 12.0. The zero-order valence-corrected chi connectivity index (χ0v) is 8.90. The fourth-order valence-corrected chi connectivity index (χ4v) is 2.67. The first-order valence-electron chi connectivity index (χ1n) is 5.05. The number of carbonyl (C=O) groups is 1. The Labute approximate surface area is 92.8 Å². The molecule has 0 aliphatic carbocycles. The van der Waals surface area contributed by atoms with Crippen LogP contribution in [-0.2, 0) is 10.2 Å². The molecule has 1 spiro atoms. The van der Waals surface area contributed by atoms with Gasteiger partial charge in [0.25, 0.3) is 0 Å². The van der Waals surface area contributed by atoms with E-state index in [0.717, 1.165) is 24.2 Å². The van der Waals surface area contributed by atoms with Gasteiger partial charge in [0.15, 0.2) is 0 Å². The number of amides is 1. The van der Waals surface area contributed by atoms with Crippen molar-refractivity contribution in [2.24, 2.45) is 0 Å². The molecule has 1 saturated heterocycles. The van der Waals surface area contributed by atoms with Crippen LogP contribution in [0, 0.1) is 0 Å². The maximum Gasteiger partial charge on any atom is 0.236 e. The van der Waals surface area contributed by atoms with Gasteiger partial charge in [-0.2, -0.15) is 0 Å². The van der Waals surface area contributed by atoms with Crippen molar-refractivity contribution in [1.29, 1.82) is 0 Å². The first kappa shape index (κ1) is 9.19. The molecule has 78 valence electrons. The largest absolute Gasteiger partial charge is 0.325 e. The van der Waals surface area contributed by atoms with Gasteiger partial charge >= 0.3 is 0 Å². The molecule has 1 aromatic rings. The van der Waals surface area contributed by atoms with Crippen molar-refractivity contribution in [3.63, 3.8) is 0 Å². The Bertz CT molecular complexity index is 438. The highest BCUT2D eigenvalue weighted by Gasteiger charge is 2.48. The Balaban J connectivity index is 2.19. The van der Waals surface area contributed by atoms with Crippen molar-refractivity contribution in [3.8, 4) is 0 Å². The van der Waals surface area contributed by atoms with Gasteiger partial charge in [-0.25, -0.2) is 0 Å². The highest BCUT2D eigenvalue weighted by atomic mass is 35.5. The summed E-state index contributed by atoms with van der Waals surface area (Å²) in [6.45, 7) is 1.60. The molecule has 15 heavy (non-hydrogen) atoms. The molecule has 3 nitrogen and oxygen atoms in total. The Hall–Kier alpha value is -1.06. The van der Waals surface area contributed by atoms with E-state index in [1.54, 1.807) is 0 Å². The minimum absolute atomic E-state index is 0.102. The van der Waals surface area contributed by atoms with E-state index in [-0.39, 0.29) is 11.3 Å². The lowest BCUT2D eigenvalue weighted by molar-refractivity contribution is -0.120. The number of halogens is 1. The van der Waals surface area contributed by atoms with Gasteiger partial charge in [-0.3, -0.25) is 4.79 Å². The van der Waals surface area contributed by atoms with E-state index in [4.69, 9.17) is 11.6 Å². The Morgan fingerprint density at radius 2 is 2.27 bits per heavy atom. The number of carbonyl (C=O) groups excluding carboxylic acids is 1. The summed E-state index contributed by atoms with van der Waals surface area (Å²) < 4.78 is 0. The molecule has 2 aliphatic rings. The molecule has 1 aromatic carbocycles. The summed E-state index contributed by atoms with van der Waals surface area (Å²) in [4.78, 5) is 12.0. The lowest BCUT2D eigenvalue weighted by atomic mass is 9.81. The number of rotatable bonds is 0. The molecule has 0 radical (unpaired) electrons. The topological polar surface area (TPSA) is 41.1 Å². The van der Waals surface area contributed by atoms with Crippen LogP contribution < -0.4 is 10.6 Å². The SMILES string of the molecule is O=C1Nc2ccc(Cl)cc2[C@@]12CCNC2. The number of anilines is 1. The van der Waals surface area contributed by atoms with Crippen LogP contribution in [0.25, 0.3) is 0 Å². The summed E-state index contributed by atoms with van der Waals surface area (Å²) in [5.41, 5.74) is 1.58. The molecule has 1 atom stereocenters. The number of nitrogens with one attached hydrogen (secondary N) is 2. The molecule has 4 heteroatoms. The van der Waals surface area contributed by atoms with Crippen molar-refractivity contribution in [2.75, 3.05) is 18.4 Å². The summed E-state index contributed by atoms with van der Waals surface area (Å²) in [7, 11) is 0. The second-order valence-corrected chi connectivity index (χ2v) is 4.59. The first-order valence-corrected chi connectivity index (χ1v) is 5.42. The standard InChI is InChI=1S/C11H11ClN2O/c12-7-1-2-9-8(5-7)11(10(15)14-9)3-4-13-6-11/h1-2,5,13H,3-4,6H2,(H,14,15)/t11-/m0/s1. The number of hydrogen-bond donors (Lipinski definition) is 2. The molecule has 0 aromatic heterocycles. The van der Waals surface area contributed by atoms with Crippen molar-refractivity contribution in [3.05, 3.63) is 28.8 Å². The van der Waals surface area contributed by atoms with Crippen LogP contribution in [0.5, 0.6) is 0 Å². The monoisotopic (exact) mass is 222 g/mol. The molecule has 0 unspecified atom stereocenters. The van der Waals surface area contributed by atoms with Crippen LogP contribution in [0.4, 0.5) is 5.69 Å². The van der Waals surface area contributed by atoms with Crippen LogP contribution >= 0.6 is 11.6 Å². The summed E-state index contributed by atoms with van der Waals surface area (Å²) in [5.74, 6) is 0.102. The van der Waals surface area contributed by atoms with Crippen LogP contribution in [0.1, 0.15) is 12.0 Å². The predicted octanol–water partition coefficient (Wildman–Crippen LogP) is 1.52. The molecular formula is C11H11ClN2O. The van der Waals surface area contributed by atoms with Crippen LogP contribution in [0.3, 0.4) is 0 Å². The fraction of sp³-hybridized carbons (Fsp3) is 0.364. The molecule has 2 aliphatic heterocycles. The van der Waals surface area contributed by atoms with E-state index in [0.29, 0.717) is 11.6 Å². The lowest BCUT2D eigenvalue weighted by Gasteiger charge is -2.19. The number of fused-ring (bicyclic) bond motifs is 2. The third-order valence-electron chi connectivity index (χ3n) is 3.34. The lowest BCUT2D eigenvalue weighted by Crippen LogP contribution is -2.36. The first-order chi connectivity index (χ1) is 7.22. The molecular weight excluding hydrogens is 212 g/mol. The van der Waals surface area contributed by atoms with Crippen LogP contribution in [0.15, 0.2) is 18.2 Å². The number of benzene rings is 1.